The molecular weight excluding hydrogens is 286 g/mol. The molecule has 0 aliphatic heterocycles. The molecule has 3 aromatic rings. The van der Waals surface area contributed by atoms with Gasteiger partial charge in [-0.05, 0) is 17.7 Å². The summed E-state index contributed by atoms with van der Waals surface area (Å²) in [5.41, 5.74) is 12.4. The van der Waals surface area contributed by atoms with Gasteiger partial charge >= 0.3 is 0 Å². The first-order valence-corrected chi connectivity index (χ1v) is 7.05. The van der Waals surface area contributed by atoms with Crippen molar-refractivity contribution in [2.24, 2.45) is 11.6 Å². The first-order valence-electron chi connectivity index (χ1n) is 7.05. The quantitative estimate of drug-likeness (QED) is 0.392. The van der Waals surface area contributed by atoms with E-state index in [4.69, 9.17) is 16.8 Å². The Morgan fingerprint density at radius 2 is 1.78 bits per heavy atom. The second-order valence-electron chi connectivity index (χ2n) is 5.04. The number of hydrazine groups is 1. The van der Waals surface area contributed by atoms with Gasteiger partial charge in [0.1, 0.15) is 6.07 Å². The molecule has 5 nitrogen and oxygen atoms in total. The maximum absolute atomic E-state index is 8.95. The summed E-state index contributed by atoms with van der Waals surface area (Å²) in [6, 6.07) is 19.6. The summed E-state index contributed by atoms with van der Waals surface area (Å²) in [7, 11) is 0. The largest absolute Gasteiger partial charge is 0.396 e. The van der Waals surface area contributed by atoms with Crippen molar-refractivity contribution in [2.75, 3.05) is 0 Å². The average molecular weight is 301 g/mol. The lowest BCUT2D eigenvalue weighted by molar-refractivity contribution is 0.920. The number of hydrogen-bond acceptors (Lipinski definition) is 5. The molecule has 0 fully saturated rings. The Hall–Kier alpha value is -3.36. The number of aromatic nitrogens is 1. The molecule has 0 saturated carbocycles. The number of para-hydroxylation sites is 1. The van der Waals surface area contributed by atoms with Crippen LogP contribution in [0.2, 0.25) is 0 Å². The van der Waals surface area contributed by atoms with Crippen LogP contribution < -0.4 is 17.0 Å². The topological polar surface area (TPSA) is 101 Å². The van der Waals surface area contributed by atoms with Gasteiger partial charge in [0.25, 0.3) is 0 Å². The van der Waals surface area contributed by atoms with Gasteiger partial charge in [-0.25, -0.2) is 5.84 Å². The number of hydrogen-bond donors (Lipinski definition) is 3. The smallest absolute Gasteiger partial charge is 0.151 e. The van der Waals surface area contributed by atoms with Crippen molar-refractivity contribution >= 4 is 16.6 Å². The lowest BCUT2D eigenvalue weighted by atomic mass is 10.0. The van der Waals surface area contributed by atoms with E-state index >= 15 is 0 Å². The average Bonchev–Trinajstić information content (AvgIpc) is 2.62. The predicted molar refractivity (Wildman–Crippen MR) is 91.2 cm³/mol. The van der Waals surface area contributed by atoms with E-state index in [-0.39, 0.29) is 5.70 Å². The van der Waals surface area contributed by atoms with Crippen LogP contribution in [0, 0.1) is 11.3 Å². The lowest BCUT2D eigenvalue weighted by Gasteiger charge is -2.07. The lowest BCUT2D eigenvalue weighted by Crippen LogP contribution is -2.23. The van der Waals surface area contributed by atoms with Crippen LogP contribution in [-0.2, 0) is 0 Å². The molecule has 0 aliphatic rings. The monoisotopic (exact) mass is 301 g/mol. The van der Waals surface area contributed by atoms with Crippen molar-refractivity contribution in [1.82, 2.24) is 10.4 Å². The highest BCUT2D eigenvalue weighted by atomic mass is 15.2. The zero-order chi connectivity index (χ0) is 16.2. The van der Waals surface area contributed by atoms with Gasteiger partial charge in [-0.3, -0.25) is 4.98 Å². The van der Waals surface area contributed by atoms with Crippen LogP contribution in [0.1, 0.15) is 5.56 Å². The number of pyridine rings is 1. The van der Waals surface area contributed by atoms with Crippen molar-refractivity contribution in [2.45, 2.75) is 0 Å². The van der Waals surface area contributed by atoms with E-state index in [1.54, 1.807) is 0 Å². The summed E-state index contributed by atoms with van der Waals surface area (Å²) in [5, 5.41) is 10.0. The number of nitrogens with two attached hydrogens (primary N) is 2. The first-order chi connectivity index (χ1) is 11.2. The third-order valence-electron chi connectivity index (χ3n) is 3.65. The van der Waals surface area contributed by atoms with Crippen molar-refractivity contribution in [3.63, 3.8) is 0 Å². The fourth-order valence-corrected chi connectivity index (χ4v) is 2.39. The van der Waals surface area contributed by atoms with Gasteiger partial charge in [0, 0.05) is 22.7 Å². The number of benzene rings is 2. The van der Waals surface area contributed by atoms with E-state index in [1.165, 1.54) is 0 Å². The Balaban J connectivity index is 1.98. The summed E-state index contributed by atoms with van der Waals surface area (Å²) < 4.78 is 0. The number of nitriles is 1. The molecule has 23 heavy (non-hydrogen) atoms. The molecule has 0 aliphatic carbocycles. The zero-order valence-corrected chi connectivity index (χ0v) is 12.3. The molecule has 0 bridgehead atoms. The minimum atomic E-state index is 0.144. The Morgan fingerprint density at radius 3 is 2.48 bits per heavy atom. The van der Waals surface area contributed by atoms with Crippen LogP contribution in [0.5, 0.6) is 0 Å². The number of allylic oxidation sites excluding steroid dienone is 1. The molecule has 1 heterocycles. The summed E-state index contributed by atoms with van der Waals surface area (Å²) in [6.45, 7) is 0. The van der Waals surface area contributed by atoms with Gasteiger partial charge in [-0.15, -0.1) is 0 Å². The molecule has 0 saturated heterocycles. The molecule has 0 unspecified atom stereocenters. The van der Waals surface area contributed by atoms with Crippen molar-refractivity contribution in [1.29, 1.82) is 5.26 Å². The summed E-state index contributed by atoms with van der Waals surface area (Å²) in [5.74, 6) is 5.28. The highest BCUT2D eigenvalue weighted by molar-refractivity contribution is 5.83. The van der Waals surface area contributed by atoms with Crippen molar-refractivity contribution in [3.05, 3.63) is 72.1 Å². The van der Waals surface area contributed by atoms with Crippen LogP contribution in [0.3, 0.4) is 0 Å². The Bertz CT molecular complexity index is 920. The molecule has 112 valence electrons. The second kappa shape index (κ2) is 6.18. The third-order valence-corrected chi connectivity index (χ3v) is 3.65. The van der Waals surface area contributed by atoms with Crippen LogP contribution in [-0.4, -0.2) is 4.98 Å². The highest BCUT2D eigenvalue weighted by Crippen LogP contribution is 2.24. The van der Waals surface area contributed by atoms with E-state index in [0.29, 0.717) is 5.70 Å². The van der Waals surface area contributed by atoms with Gasteiger partial charge in [0.2, 0.25) is 0 Å². The molecule has 5 N–H and O–H groups in total. The fourth-order valence-electron chi connectivity index (χ4n) is 2.39. The second-order valence-corrected chi connectivity index (χ2v) is 5.04. The maximum atomic E-state index is 8.95. The molecule has 1 aromatic heterocycles. The van der Waals surface area contributed by atoms with Crippen LogP contribution in [0.4, 0.5) is 0 Å². The summed E-state index contributed by atoms with van der Waals surface area (Å²) in [4.78, 5) is 4.47. The van der Waals surface area contributed by atoms with E-state index < -0.39 is 0 Å². The SMILES string of the molecule is N#C/C(NN)=C(/N)c1ccc(-c2cnc3ccccc3c2)cc1. The molecule has 0 radical (unpaired) electrons. The standard InChI is InChI=1S/C18H15N5/c19-10-17(23-21)18(20)13-7-5-12(6-8-13)15-9-14-3-1-2-4-16(14)22-11-15/h1-9,11,23H,20-21H2/b18-17-. The van der Waals surface area contributed by atoms with Gasteiger partial charge < -0.3 is 11.2 Å². The van der Waals surface area contributed by atoms with Gasteiger partial charge in [-0.2, -0.15) is 5.26 Å². The maximum Gasteiger partial charge on any atom is 0.151 e. The van der Waals surface area contributed by atoms with E-state index in [2.05, 4.69) is 16.5 Å². The summed E-state index contributed by atoms with van der Waals surface area (Å²) >= 11 is 0. The Kier molecular flexibility index (Phi) is 3.91. The normalized spacial score (nSPS) is 11.7. The zero-order valence-electron chi connectivity index (χ0n) is 12.3. The molecule has 0 atom stereocenters. The van der Waals surface area contributed by atoms with Crippen molar-refractivity contribution < 1.29 is 0 Å². The van der Waals surface area contributed by atoms with E-state index in [0.717, 1.165) is 27.6 Å². The van der Waals surface area contributed by atoms with Gasteiger partial charge in [0.15, 0.2) is 5.70 Å². The number of fused-ring (bicyclic) bond motifs is 1. The first kappa shape index (κ1) is 14.6. The minimum Gasteiger partial charge on any atom is -0.396 e. The molecule has 2 aromatic carbocycles. The number of nitrogens with one attached hydrogen (secondary N) is 1. The van der Waals surface area contributed by atoms with E-state index in [1.807, 2.05) is 60.8 Å². The molecule has 0 amide bonds. The van der Waals surface area contributed by atoms with Gasteiger partial charge in [0.05, 0.1) is 11.2 Å². The number of nitrogens with zero attached hydrogens (tertiary/aromatic N) is 2. The Labute approximate surface area is 133 Å². The van der Waals surface area contributed by atoms with Crippen LogP contribution in [0.15, 0.2) is 66.5 Å². The van der Waals surface area contributed by atoms with Crippen LogP contribution >= 0.6 is 0 Å². The van der Waals surface area contributed by atoms with Gasteiger partial charge in [-0.1, -0.05) is 42.5 Å². The Morgan fingerprint density at radius 1 is 1.04 bits per heavy atom. The summed E-state index contributed by atoms with van der Waals surface area (Å²) in [6.07, 6.45) is 1.85. The fraction of sp³-hybridized carbons (Fsp3) is 0. The molecule has 3 rings (SSSR count). The number of rotatable bonds is 3. The highest BCUT2D eigenvalue weighted by Gasteiger charge is 2.06. The van der Waals surface area contributed by atoms with Crippen LogP contribution in [0.25, 0.3) is 27.7 Å². The van der Waals surface area contributed by atoms with E-state index in [9.17, 15) is 0 Å². The van der Waals surface area contributed by atoms with Crippen molar-refractivity contribution in [3.8, 4) is 17.2 Å². The minimum absolute atomic E-state index is 0.144. The predicted octanol–water partition coefficient (Wildman–Crippen LogP) is 2.52. The molecule has 0 spiro atoms. The molecule has 5 heteroatoms. The molecular formula is C18H15N5. The third kappa shape index (κ3) is 2.84.